The molecule has 0 aromatic heterocycles. The summed E-state index contributed by atoms with van der Waals surface area (Å²) in [7, 11) is -2.77. The molecule has 2 fully saturated rings. The quantitative estimate of drug-likeness (QED) is 0.844. The Labute approximate surface area is 127 Å². The highest BCUT2D eigenvalue weighted by Crippen LogP contribution is 2.19. The standard InChI is InChI=1S/C16H24N2O2S/c1-14-2-4-15(5-3-14)12-17-7-9-18(10-8-17)16-6-11-21(19,20)13-16/h2-5,16H,6-13H2,1H3/t16-/m0/s1. The largest absolute Gasteiger partial charge is 0.297 e. The summed E-state index contributed by atoms with van der Waals surface area (Å²) in [5.74, 6) is 0.742. The lowest BCUT2D eigenvalue weighted by Gasteiger charge is -2.37. The van der Waals surface area contributed by atoms with Crippen molar-refractivity contribution in [1.29, 1.82) is 0 Å². The van der Waals surface area contributed by atoms with Crippen LogP contribution in [-0.4, -0.2) is 61.9 Å². The predicted octanol–water partition coefficient (Wildman–Crippen LogP) is 1.30. The van der Waals surface area contributed by atoms with Crippen LogP contribution in [0.25, 0.3) is 0 Å². The summed E-state index contributed by atoms with van der Waals surface area (Å²) in [6.07, 6.45) is 0.820. The Hall–Kier alpha value is -0.910. The molecule has 2 aliphatic rings. The normalized spacial score (nSPS) is 27.0. The number of rotatable bonds is 3. The van der Waals surface area contributed by atoms with Crippen molar-refractivity contribution in [3.63, 3.8) is 0 Å². The lowest BCUT2D eigenvalue weighted by Crippen LogP contribution is -2.50. The predicted molar refractivity (Wildman–Crippen MR) is 85.1 cm³/mol. The highest BCUT2D eigenvalue weighted by molar-refractivity contribution is 7.91. The third kappa shape index (κ3) is 3.84. The fraction of sp³-hybridized carbons (Fsp3) is 0.625. The first-order valence-corrected chi connectivity index (χ1v) is 9.56. The van der Waals surface area contributed by atoms with Gasteiger partial charge in [0, 0.05) is 38.8 Å². The van der Waals surface area contributed by atoms with E-state index in [-0.39, 0.29) is 6.04 Å². The summed E-state index contributed by atoms with van der Waals surface area (Å²) in [5.41, 5.74) is 2.66. The van der Waals surface area contributed by atoms with Crippen LogP contribution in [0.4, 0.5) is 0 Å². The molecule has 0 aliphatic carbocycles. The molecule has 2 aliphatic heterocycles. The van der Waals surface area contributed by atoms with Crippen molar-refractivity contribution in [2.75, 3.05) is 37.7 Å². The van der Waals surface area contributed by atoms with Crippen LogP contribution in [-0.2, 0) is 16.4 Å². The summed E-state index contributed by atoms with van der Waals surface area (Å²) in [6.45, 7) is 7.15. The maximum Gasteiger partial charge on any atom is 0.151 e. The first-order chi connectivity index (χ1) is 10.0. The number of benzene rings is 1. The van der Waals surface area contributed by atoms with Gasteiger partial charge in [-0.3, -0.25) is 9.80 Å². The molecule has 0 saturated carbocycles. The van der Waals surface area contributed by atoms with E-state index in [4.69, 9.17) is 0 Å². The fourth-order valence-corrected chi connectivity index (χ4v) is 5.06. The Morgan fingerprint density at radius 3 is 2.33 bits per heavy atom. The Balaban J connectivity index is 1.50. The van der Waals surface area contributed by atoms with Crippen LogP contribution in [0.5, 0.6) is 0 Å². The topological polar surface area (TPSA) is 40.6 Å². The van der Waals surface area contributed by atoms with E-state index in [1.54, 1.807) is 0 Å². The van der Waals surface area contributed by atoms with Crippen molar-refractivity contribution >= 4 is 9.84 Å². The van der Waals surface area contributed by atoms with Gasteiger partial charge >= 0.3 is 0 Å². The second-order valence-electron chi connectivity index (χ2n) is 6.35. The van der Waals surface area contributed by atoms with Gasteiger partial charge in [-0.05, 0) is 18.9 Å². The molecular weight excluding hydrogens is 284 g/mol. The van der Waals surface area contributed by atoms with Gasteiger partial charge in [0.15, 0.2) is 9.84 Å². The third-order valence-corrected chi connectivity index (χ3v) is 6.41. The molecule has 1 atom stereocenters. The molecule has 2 heterocycles. The highest BCUT2D eigenvalue weighted by atomic mass is 32.2. The minimum absolute atomic E-state index is 0.261. The zero-order valence-corrected chi connectivity index (χ0v) is 13.5. The maximum atomic E-state index is 11.6. The molecule has 0 spiro atoms. The van der Waals surface area contributed by atoms with Gasteiger partial charge in [0.2, 0.25) is 0 Å². The minimum Gasteiger partial charge on any atom is -0.297 e. The van der Waals surface area contributed by atoms with Crippen molar-refractivity contribution in [2.45, 2.75) is 25.9 Å². The Morgan fingerprint density at radius 2 is 1.76 bits per heavy atom. The van der Waals surface area contributed by atoms with Crippen molar-refractivity contribution in [1.82, 2.24) is 9.80 Å². The van der Waals surface area contributed by atoms with Gasteiger partial charge in [0.25, 0.3) is 0 Å². The summed E-state index contributed by atoms with van der Waals surface area (Å²) in [5, 5.41) is 0. The molecule has 0 unspecified atom stereocenters. The van der Waals surface area contributed by atoms with Crippen molar-refractivity contribution < 1.29 is 8.42 Å². The van der Waals surface area contributed by atoms with E-state index < -0.39 is 9.84 Å². The molecule has 1 aromatic carbocycles. The Kier molecular flexibility index (Phi) is 4.33. The molecule has 21 heavy (non-hydrogen) atoms. The van der Waals surface area contributed by atoms with Crippen molar-refractivity contribution in [2.24, 2.45) is 0 Å². The molecule has 2 saturated heterocycles. The highest BCUT2D eigenvalue weighted by Gasteiger charge is 2.33. The maximum absolute atomic E-state index is 11.6. The molecule has 3 rings (SSSR count). The van der Waals surface area contributed by atoms with E-state index in [0.29, 0.717) is 11.5 Å². The van der Waals surface area contributed by atoms with Crippen LogP contribution in [0.15, 0.2) is 24.3 Å². The lowest BCUT2D eigenvalue weighted by atomic mass is 10.1. The molecular formula is C16H24N2O2S. The van der Waals surface area contributed by atoms with Gasteiger partial charge in [-0.25, -0.2) is 8.42 Å². The van der Waals surface area contributed by atoms with Crippen molar-refractivity contribution in [3.05, 3.63) is 35.4 Å². The molecule has 1 aromatic rings. The second kappa shape index (κ2) is 6.07. The lowest BCUT2D eigenvalue weighted by molar-refractivity contribution is 0.100. The van der Waals surface area contributed by atoms with E-state index in [9.17, 15) is 8.42 Å². The molecule has 0 N–H and O–H groups in total. The average molecular weight is 308 g/mol. The summed E-state index contributed by atoms with van der Waals surface area (Å²) >= 11 is 0. The average Bonchev–Trinajstić information content (AvgIpc) is 2.83. The number of sulfone groups is 1. The van der Waals surface area contributed by atoms with E-state index >= 15 is 0 Å². The van der Waals surface area contributed by atoms with Gasteiger partial charge < -0.3 is 0 Å². The fourth-order valence-electron chi connectivity index (χ4n) is 3.30. The number of piperazine rings is 1. The Morgan fingerprint density at radius 1 is 1.10 bits per heavy atom. The molecule has 0 radical (unpaired) electrons. The molecule has 4 nitrogen and oxygen atoms in total. The van der Waals surface area contributed by atoms with E-state index in [1.807, 2.05) is 0 Å². The Bertz CT molecular complexity index is 575. The van der Waals surface area contributed by atoms with Crippen molar-refractivity contribution in [3.8, 4) is 0 Å². The van der Waals surface area contributed by atoms with Crippen LogP contribution in [0.3, 0.4) is 0 Å². The van der Waals surface area contributed by atoms with Gasteiger partial charge in [-0.2, -0.15) is 0 Å². The first kappa shape index (κ1) is 15.0. The zero-order valence-electron chi connectivity index (χ0n) is 12.7. The van der Waals surface area contributed by atoms with Gasteiger partial charge in [0.05, 0.1) is 11.5 Å². The molecule has 5 heteroatoms. The van der Waals surface area contributed by atoms with Crippen LogP contribution in [0.2, 0.25) is 0 Å². The molecule has 0 bridgehead atoms. The van der Waals surface area contributed by atoms with Gasteiger partial charge in [-0.15, -0.1) is 0 Å². The van der Waals surface area contributed by atoms with Crippen LogP contribution >= 0.6 is 0 Å². The molecule has 0 amide bonds. The minimum atomic E-state index is -2.77. The second-order valence-corrected chi connectivity index (χ2v) is 8.58. The number of aryl methyl sites for hydroxylation is 1. The van der Waals surface area contributed by atoms with E-state index in [0.717, 1.165) is 39.1 Å². The van der Waals surface area contributed by atoms with E-state index in [1.165, 1.54) is 11.1 Å². The monoisotopic (exact) mass is 308 g/mol. The summed E-state index contributed by atoms with van der Waals surface area (Å²) in [4.78, 5) is 4.83. The van der Waals surface area contributed by atoms with Crippen LogP contribution in [0, 0.1) is 6.92 Å². The number of hydrogen-bond acceptors (Lipinski definition) is 4. The van der Waals surface area contributed by atoms with E-state index in [2.05, 4.69) is 41.0 Å². The van der Waals surface area contributed by atoms with Gasteiger partial charge in [0.1, 0.15) is 0 Å². The SMILES string of the molecule is Cc1ccc(CN2CCN([C@H]3CCS(=O)(=O)C3)CC2)cc1. The number of nitrogens with zero attached hydrogens (tertiary/aromatic N) is 2. The smallest absolute Gasteiger partial charge is 0.151 e. The summed E-state index contributed by atoms with van der Waals surface area (Å²) in [6, 6.07) is 8.98. The summed E-state index contributed by atoms with van der Waals surface area (Å²) < 4.78 is 23.2. The van der Waals surface area contributed by atoms with Gasteiger partial charge in [-0.1, -0.05) is 29.8 Å². The van der Waals surface area contributed by atoms with Crippen LogP contribution < -0.4 is 0 Å². The zero-order chi connectivity index (χ0) is 14.9. The first-order valence-electron chi connectivity index (χ1n) is 7.74. The van der Waals surface area contributed by atoms with Crippen LogP contribution in [0.1, 0.15) is 17.5 Å². The number of hydrogen-bond donors (Lipinski definition) is 0. The third-order valence-electron chi connectivity index (χ3n) is 4.66. The molecule has 116 valence electrons.